The second kappa shape index (κ2) is 10.5. The van der Waals surface area contributed by atoms with Crippen LogP contribution in [0.5, 0.6) is 11.5 Å². The number of ether oxygens (including phenoxy) is 2. The number of ketones is 1. The molecule has 0 spiro atoms. The van der Waals surface area contributed by atoms with Crippen molar-refractivity contribution in [2.45, 2.75) is 45.3 Å². The van der Waals surface area contributed by atoms with Crippen molar-refractivity contribution in [2.75, 3.05) is 13.2 Å². The fourth-order valence-corrected chi connectivity index (χ4v) is 5.04. The van der Waals surface area contributed by atoms with E-state index in [1.807, 2.05) is 80.6 Å². The molecule has 2 aliphatic rings. The number of aliphatic hydroxyl groups is 1. The van der Waals surface area contributed by atoms with Crippen LogP contribution in [0.15, 0.2) is 78.4 Å². The van der Waals surface area contributed by atoms with Crippen LogP contribution in [0.3, 0.4) is 0 Å². The summed E-state index contributed by atoms with van der Waals surface area (Å²) >= 11 is 0. The van der Waals surface area contributed by atoms with Crippen molar-refractivity contribution < 1.29 is 24.2 Å². The van der Waals surface area contributed by atoms with Gasteiger partial charge < -0.3 is 19.5 Å². The standard InChI is InChI=1S/C31H31NO5/c1-3-17-36-25-12-9-22(10-13-25)28-27(29(33)23-11-14-26-24(19-23)18-20(2)37-26)30(34)31(35)32(28)16-15-21-7-5-4-6-8-21/h4-14,19-20,28,33H,3,15-18H2,1-2H3/b29-27-. The Morgan fingerprint density at radius 3 is 2.54 bits per heavy atom. The Labute approximate surface area is 217 Å². The third-order valence-electron chi connectivity index (χ3n) is 6.86. The van der Waals surface area contributed by atoms with Crippen LogP contribution in [-0.4, -0.2) is 41.0 Å². The average Bonchev–Trinajstić information content (AvgIpc) is 3.42. The summed E-state index contributed by atoms with van der Waals surface area (Å²) in [6, 6.07) is 22.0. The Kier molecular flexibility index (Phi) is 6.99. The lowest BCUT2D eigenvalue weighted by Gasteiger charge is -2.25. The molecule has 0 bridgehead atoms. The van der Waals surface area contributed by atoms with E-state index in [2.05, 4.69) is 0 Å². The van der Waals surface area contributed by atoms with Crippen LogP contribution < -0.4 is 9.47 Å². The molecule has 0 aromatic heterocycles. The minimum atomic E-state index is -0.702. The summed E-state index contributed by atoms with van der Waals surface area (Å²) < 4.78 is 11.5. The smallest absolute Gasteiger partial charge is 0.295 e. The molecule has 2 unspecified atom stereocenters. The van der Waals surface area contributed by atoms with Gasteiger partial charge >= 0.3 is 0 Å². The summed E-state index contributed by atoms with van der Waals surface area (Å²) in [5.41, 5.74) is 3.40. The quantitative estimate of drug-likeness (QED) is 0.254. The number of carbonyl (C=O) groups excluding carboxylic acids is 2. The van der Waals surface area contributed by atoms with Gasteiger partial charge in [-0.25, -0.2) is 0 Å². The molecule has 1 amide bonds. The molecule has 37 heavy (non-hydrogen) atoms. The van der Waals surface area contributed by atoms with Crippen LogP contribution in [0.1, 0.15) is 48.6 Å². The highest BCUT2D eigenvalue weighted by atomic mass is 16.5. The first kappa shape index (κ1) is 24.6. The number of amides is 1. The van der Waals surface area contributed by atoms with Crippen LogP contribution >= 0.6 is 0 Å². The molecule has 2 heterocycles. The van der Waals surface area contributed by atoms with Crippen molar-refractivity contribution in [3.05, 3.63) is 101 Å². The lowest BCUT2D eigenvalue weighted by Crippen LogP contribution is -2.31. The lowest BCUT2D eigenvalue weighted by molar-refractivity contribution is -0.139. The molecule has 6 heteroatoms. The molecular formula is C31H31NO5. The molecular weight excluding hydrogens is 466 g/mol. The maximum atomic E-state index is 13.4. The number of Topliss-reactive ketones (excluding diaryl/α,β-unsaturated/α-hetero) is 1. The van der Waals surface area contributed by atoms with E-state index >= 15 is 0 Å². The number of likely N-dealkylation sites (tertiary alicyclic amines) is 1. The summed E-state index contributed by atoms with van der Waals surface area (Å²) in [5, 5.41) is 11.4. The molecule has 1 saturated heterocycles. The Morgan fingerprint density at radius 2 is 1.81 bits per heavy atom. The van der Waals surface area contributed by atoms with E-state index in [1.54, 1.807) is 11.0 Å². The van der Waals surface area contributed by atoms with Gasteiger partial charge in [-0.15, -0.1) is 0 Å². The largest absolute Gasteiger partial charge is 0.507 e. The molecule has 1 N–H and O–H groups in total. The highest BCUT2D eigenvalue weighted by Gasteiger charge is 2.46. The van der Waals surface area contributed by atoms with Gasteiger partial charge in [0, 0.05) is 18.5 Å². The molecule has 0 aliphatic carbocycles. The predicted molar refractivity (Wildman–Crippen MR) is 142 cm³/mol. The van der Waals surface area contributed by atoms with E-state index in [4.69, 9.17) is 9.47 Å². The van der Waals surface area contributed by atoms with Crippen molar-refractivity contribution >= 4 is 17.4 Å². The summed E-state index contributed by atoms with van der Waals surface area (Å²) in [6.45, 7) is 4.99. The first-order valence-corrected chi connectivity index (χ1v) is 12.8. The second-order valence-corrected chi connectivity index (χ2v) is 9.60. The normalized spacial score (nSPS) is 20.1. The molecule has 6 nitrogen and oxygen atoms in total. The van der Waals surface area contributed by atoms with Gasteiger partial charge in [0.2, 0.25) is 0 Å². The number of nitrogens with zero attached hydrogens (tertiary/aromatic N) is 1. The van der Waals surface area contributed by atoms with Crippen molar-refractivity contribution in [3.8, 4) is 11.5 Å². The van der Waals surface area contributed by atoms with Crippen LogP contribution in [-0.2, 0) is 22.4 Å². The molecule has 1 fully saturated rings. The Bertz CT molecular complexity index is 1330. The minimum absolute atomic E-state index is 0.0596. The first-order valence-electron chi connectivity index (χ1n) is 12.8. The molecule has 2 atom stereocenters. The number of hydrogen-bond donors (Lipinski definition) is 1. The van der Waals surface area contributed by atoms with Gasteiger partial charge in [-0.2, -0.15) is 0 Å². The van der Waals surface area contributed by atoms with Crippen molar-refractivity contribution in [1.29, 1.82) is 0 Å². The molecule has 0 radical (unpaired) electrons. The maximum absolute atomic E-state index is 13.4. The number of rotatable bonds is 8. The summed E-state index contributed by atoms with van der Waals surface area (Å²) in [6.07, 6.45) is 2.27. The highest BCUT2D eigenvalue weighted by molar-refractivity contribution is 6.46. The SMILES string of the molecule is CCCOc1ccc(C2/C(=C(/O)c3ccc4c(c3)CC(C)O4)C(=O)C(=O)N2CCc2ccccc2)cc1. The van der Waals surface area contributed by atoms with Crippen LogP contribution in [0.4, 0.5) is 0 Å². The highest BCUT2D eigenvalue weighted by Crippen LogP contribution is 2.41. The number of hydrogen-bond acceptors (Lipinski definition) is 5. The average molecular weight is 498 g/mol. The van der Waals surface area contributed by atoms with Gasteiger partial charge in [0.1, 0.15) is 23.4 Å². The summed E-state index contributed by atoms with van der Waals surface area (Å²) in [7, 11) is 0. The minimum Gasteiger partial charge on any atom is -0.507 e. The monoisotopic (exact) mass is 497 g/mol. The zero-order valence-electron chi connectivity index (χ0n) is 21.1. The first-order chi connectivity index (χ1) is 18.0. The molecule has 5 rings (SSSR count). The van der Waals surface area contributed by atoms with E-state index in [0.29, 0.717) is 25.1 Å². The molecule has 3 aromatic rings. The van der Waals surface area contributed by atoms with Gasteiger partial charge in [-0.3, -0.25) is 9.59 Å². The van der Waals surface area contributed by atoms with E-state index in [1.165, 1.54) is 0 Å². The number of benzene rings is 3. The topological polar surface area (TPSA) is 76.1 Å². The van der Waals surface area contributed by atoms with Crippen molar-refractivity contribution in [1.82, 2.24) is 4.90 Å². The summed E-state index contributed by atoms with van der Waals surface area (Å²) in [5.74, 6) is 0.0595. The van der Waals surface area contributed by atoms with Gasteiger partial charge in [0.15, 0.2) is 0 Å². The molecule has 0 saturated carbocycles. The van der Waals surface area contributed by atoms with Gasteiger partial charge in [-0.05, 0) is 66.8 Å². The van der Waals surface area contributed by atoms with Gasteiger partial charge in [0.05, 0.1) is 18.2 Å². The molecule has 2 aliphatic heterocycles. The lowest BCUT2D eigenvalue weighted by atomic mass is 9.94. The Hall–Kier alpha value is -4.06. The molecule has 190 valence electrons. The van der Waals surface area contributed by atoms with Crippen molar-refractivity contribution in [2.24, 2.45) is 0 Å². The predicted octanol–water partition coefficient (Wildman–Crippen LogP) is 5.46. The third kappa shape index (κ3) is 4.96. The third-order valence-corrected chi connectivity index (χ3v) is 6.86. The fourth-order valence-electron chi connectivity index (χ4n) is 5.04. The Balaban J connectivity index is 1.54. The van der Waals surface area contributed by atoms with E-state index < -0.39 is 17.7 Å². The van der Waals surface area contributed by atoms with E-state index in [-0.39, 0.29) is 17.4 Å². The van der Waals surface area contributed by atoms with Crippen LogP contribution in [0.2, 0.25) is 0 Å². The van der Waals surface area contributed by atoms with Gasteiger partial charge in [0.25, 0.3) is 11.7 Å². The number of fused-ring (bicyclic) bond motifs is 1. The van der Waals surface area contributed by atoms with Gasteiger partial charge in [-0.1, -0.05) is 49.4 Å². The van der Waals surface area contributed by atoms with Crippen LogP contribution in [0.25, 0.3) is 5.76 Å². The number of aliphatic hydroxyl groups excluding tert-OH is 1. The zero-order valence-corrected chi connectivity index (χ0v) is 21.1. The van der Waals surface area contributed by atoms with E-state index in [9.17, 15) is 14.7 Å². The molecule has 3 aromatic carbocycles. The zero-order chi connectivity index (χ0) is 25.9. The summed E-state index contributed by atoms with van der Waals surface area (Å²) in [4.78, 5) is 28.2. The van der Waals surface area contributed by atoms with Crippen LogP contribution in [0, 0.1) is 0 Å². The Morgan fingerprint density at radius 1 is 1.05 bits per heavy atom. The second-order valence-electron chi connectivity index (χ2n) is 9.60. The van der Waals surface area contributed by atoms with E-state index in [0.717, 1.165) is 41.0 Å². The van der Waals surface area contributed by atoms with Crippen molar-refractivity contribution in [3.63, 3.8) is 0 Å². The number of carbonyl (C=O) groups is 2. The maximum Gasteiger partial charge on any atom is 0.295 e. The fraction of sp³-hybridized carbons (Fsp3) is 0.290.